The molecule has 114 valence electrons. The fourth-order valence-electron chi connectivity index (χ4n) is 2.49. The summed E-state index contributed by atoms with van der Waals surface area (Å²) in [5.41, 5.74) is 4.07. The number of hydrogen-bond acceptors (Lipinski definition) is 4. The number of aromatic nitrogens is 3. The highest BCUT2D eigenvalue weighted by Gasteiger charge is 2.16. The SMILES string of the molecule is C=Cc1ccc(C(c2ccc(/C=N/O)cc2)n2cncn2)cc1. The maximum Gasteiger partial charge on any atom is 0.137 e. The second kappa shape index (κ2) is 6.70. The lowest BCUT2D eigenvalue weighted by Crippen LogP contribution is -2.13. The lowest BCUT2D eigenvalue weighted by molar-refractivity contribution is 0.322. The molecule has 5 nitrogen and oxygen atoms in total. The molecule has 0 aliphatic rings. The number of benzene rings is 2. The molecule has 0 spiro atoms. The standard InChI is InChI=1S/C18H16N4O/c1-2-14-3-7-16(8-4-14)18(22-13-19-12-20-22)17-9-5-15(6-10-17)11-21-23/h2-13,18,23H,1H2/b21-11+. The first kappa shape index (κ1) is 14.7. The minimum atomic E-state index is -0.0727. The Hall–Kier alpha value is -3.21. The molecule has 0 aliphatic carbocycles. The molecule has 0 radical (unpaired) electrons. The largest absolute Gasteiger partial charge is 0.411 e. The maximum absolute atomic E-state index is 8.61. The Morgan fingerprint density at radius 3 is 2.09 bits per heavy atom. The molecule has 1 unspecified atom stereocenters. The van der Waals surface area contributed by atoms with Crippen LogP contribution in [-0.2, 0) is 0 Å². The van der Waals surface area contributed by atoms with Gasteiger partial charge in [-0.3, -0.25) is 0 Å². The van der Waals surface area contributed by atoms with Crippen LogP contribution in [0.2, 0.25) is 0 Å². The topological polar surface area (TPSA) is 63.3 Å². The van der Waals surface area contributed by atoms with Gasteiger partial charge in [-0.05, 0) is 22.3 Å². The summed E-state index contributed by atoms with van der Waals surface area (Å²) in [6, 6.07) is 15.9. The Labute approximate surface area is 134 Å². The van der Waals surface area contributed by atoms with E-state index in [4.69, 9.17) is 5.21 Å². The fraction of sp³-hybridized carbons (Fsp3) is 0.0556. The van der Waals surface area contributed by atoms with Crippen molar-refractivity contribution in [3.05, 3.63) is 90.0 Å². The van der Waals surface area contributed by atoms with Crippen molar-refractivity contribution in [3.63, 3.8) is 0 Å². The van der Waals surface area contributed by atoms with E-state index < -0.39 is 0 Å². The summed E-state index contributed by atoms with van der Waals surface area (Å²) in [5.74, 6) is 0. The van der Waals surface area contributed by atoms with E-state index in [1.54, 1.807) is 6.33 Å². The molecule has 0 aliphatic heterocycles. The first-order valence-corrected chi connectivity index (χ1v) is 7.15. The van der Waals surface area contributed by atoms with E-state index in [0.717, 1.165) is 22.3 Å². The summed E-state index contributed by atoms with van der Waals surface area (Å²) in [6.07, 6.45) is 6.44. The third-order valence-corrected chi connectivity index (χ3v) is 3.65. The third-order valence-electron chi connectivity index (χ3n) is 3.65. The van der Waals surface area contributed by atoms with Gasteiger partial charge < -0.3 is 5.21 Å². The van der Waals surface area contributed by atoms with Crippen molar-refractivity contribution in [2.45, 2.75) is 6.04 Å². The maximum atomic E-state index is 8.61. The molecule has 5 heteroatoms. The van der Waals surface area contributed by atoms with Crippen LogP contribution in [0.15, 0.2) is 72.9 Å². The van der Waals surface area contributed by atoms with Crippen molar-refractivity contribution >= 4 is 12.3 Å². The Kier molecular flexibility index (Phi) is 4.29. The van der Waals surface area contributed by atoms with Crippen LogP contribution in [0, 0.1) is 0 Å². The van der Waals surface area contributed by atoms with Gasteiger partial charge in [0.15, 0.2) is 0 Å². The van der Waals surface area contributed by atoms with Gasteiger partial charge in [0.1, 0.15) is 18.7 Å². The number of nitrogens with zero attached hydrogens (tertiary/aromatic N) is 4. The second-order valence-corrected chi connectivity index (χ2v) is 5.06. The summed E-state index contributed by atoms with van der Waals surface area (Å²) < 4.78 is 1.82. The van der Waals surface area contributed by atoms with Crippen molar-refractivity contribution in [2.24, 2.45) is 5.16 Å². The number of hydrogen-bond donors (Lipinski definition) is 1. The summed E-state index contributed by atoms with van der Waals surface area (Å²) in [5, 5.41) is 16.0. The van der Waals surface area contributed by atoms with Crippen molar-refractivity contribution in [1.82, 2.24) is 14.8 Å². The van der Waals surface area contributed by atoms with Gasteiger partial charge in [0.05, 0.1) is 6.21 Å². The lowest BCUT2D eigenvalue weighted by Gasteiger charge is -2.18. The molecular formula is C18H16N4O. The van der Waals surface area contributed by atoms with Crippen LogP contribution in [0.4, 0.5) is 0 Å². The quantitative estimate of drug-likeness (QED) is 0.446. The molecule has 2 aromatic carbocycles. The molecule has 23 heavy (non-hydrogen) atoms. The smallest absolute Gasteiger partial charge is 0.137 e. The van der Waals surface area contributed by atoms with Crippen LogP contribution in [0.1, 0.15) is 28.3 Å². The first-order chi connectivity index (χ1) is 11.3. The van der Waals surface area contributed by atoms with Crippen molar-refractivity contribution in [3.8, 4) is 0 Å². The minimum absolute atomic E-state index is 0.0727. The van der Waals surface area contributed by atoms with E-state index in [1.807, 2.05) is 47.2 Å². The van der Waals surface area contributed by atoms with Crippen molar-refractivity contribution < 1.29 is 5.21 Å². The summed E-state index contributed by atoms with van der Waals surface area (Å²) in [4.78, 5) is 4.06. The molecule has 0 saturated carbocycles. The van der Waals surface area contributed by atoms with E-state index in [1.165, 1.54) is 12.5 Å². The number of oxime groups is 1. The monoisotopic (exact) mass is 304 g/mol. The highest BCUT2D eigenvalue weighted by Crippen LogP contribution is 2.26. The molecule has 1 N–H and O–H groups in total. The Morgan fingerprint density at radius 2 is 1.61 bits per heavy atom. The van der Waals surface area contributed by atoms with Crippen LogP contribution in [0.25, 0.3) is 6.08 Å². The summed E-state index contributed by atoms with van der Waals surface area (Å²) in [6.45, 7) is 3.78. The van der Waals surface area contributed by atoms with E-state index in [9.17, 15) is 0 Å². The normalized spacial score (nSPS) is 12.3. The molecular weight excluding hydrogens is 288 g/mol. The average molecular weight is 304 g/mol. The molecule has 3 rings (SSSR count). The molecule has 1 atom stereocenters. The van der Waals surface area contributed by atoms with Gasteiger partial charge in [-0.1, -0.05) is 66.3 Å². The van der Waals surface area contributed by atoms with E-state index in [2.05, 4.69) is 34.0 Å². The molecule has 0 saturated heterocycles. The van der Waals surface area contributed by atoms with Crippen molar-refractivity contribution in [2.75, 3.05) is 0 Å². The van der Waals surface area contributed by atoms with Crippen molar-refractivity contribution in [1.29, 1.82) is 0 Å². The zero-order valence-corrected chi connectivity index (χ0v) is 12.4. The number of rotatable bonds is 5. The van der Waals surface area contributed by atoms with Crippen LogP contribution >= 0.6 is 0 Å². The third kappa shape index (κ3) is 3.18. The van der Waals surface area contributed by atoms with Crippen LogP contribution < -0.4 is 0 Å². The second-order valence-electron chi connectivity index (χ2n) is 5.06. The Bertz CT molecular complexity index is 790. The molecule has 3 aromatic rings. The molecule has 1 heterocycles. The fourth-order valence-corrected chi connectivity index (χ4v) is 2.49. The van der Waals surface area contributed by atoms with E-state index >= 15 is 0 Å². The highest BCUT2D eigenvalue weighted by molar-refractivity contribution is 5.79. The van der Waals surface area contributed by atoms with Gasteiger partial charge in [0.25, 0.3) is 0 Å². The average Bonchev–Trinajstić information content (AvgIpc) is 3.12. The molecule has 0 fully saturated rings. The highest BCUT2D eigenvalue weighted by atomic mass is 16.4. The van der Waals surface area contributed by atoms with Gasteiger partial charge in [-0.15, -0.1) is 0 Å². The van der Waals surface area contributed by atoms with Gasteiger partial charge >= 0.3 is 0 Å². The Balaban J connectivity index is 2.03. The molecule has 0 amide bonds. The Morgan fingerprint density at radius 1 is 1.00 bits per heavy atom. The zero-order chi connectivity index (χ0) is 16.1. The lowest BCUT2D eigenvalue weighted by atomic mass is 9.97. The first-order valence-electron chi connectivity index (χ1n) is 7.15. The van der Waals surface area contributed by atoms with E-state index in [0.29, 0.717) is 0 Å². The van der Waals surface area contributed by atoms with Crippen LogP contribution in [0.5, 0.6) is 0 Å². The van der Waals surface area contributed by atoms with E-state index in [-0.39, 0.29) is 6.04 Å². The van der Waals surface area contributed by atoms with Crippen LogP contribution in [-0.4, -0.2) is 26.2 Å². The van der Waals surface area contributed by atoms with Gasteiger partial charge in [-0.25, -0.2) is 9.67 Å². The molecule has 1 aromatic heterocycles. The van der Waals surface area contributed by atoms with Crippen LogP contribution in [0.3, 0.4) is 0 Å². The summed E-state index contributed by atoms with van der Waals surface area (Å²) >= 11 is 0. The summed E-state index contributed by atoms with van der Waals surface area (Å²) in [7, 11) is 0. The van der Waals surface area contributed by atoms with Gasteiger partial charge in [-0.2, -0.15) is 5.10 Å². The predicted molar refractivity (Wildman–Crippen MR) is 89.6 cm³/mol. The van der Waals surface area contributed by atoms with Gasteiger partial charge in [0, 0.05) is 0 Å². The van der Waals surface area contributed by atoms with Gasteiger partial charge in [0.2, 0.25) is 0 Å². The minimum Gasteiger partial charge on any atom is -0.411 e. The molecule has 0 bridgehead atoms. The zero-order valence-electron chi connectivity index (χ0n) is 12.4. The predicted octanol–water partition coefficient (Wildman–Crippen LogP) is 3.37.